The average molecular weight is 566 g/mol. The van der Waals surface area contributed by atoms with Crippen LogP contribution in [0.25, 0.3) is 16.8 Å². The van der Waals surface area contributed by atoms with Crippen molar-refractivity contribution in [2.45, 2.75) is 84.3 Å². The zero-order chi connectivity index (χ0) is 29.5. The number of nitrogens with zero attached hydrogens (tertiary/aromatic N) is 5. The van der Waals surface area contributed by atoms with Crippen LogP contribution in [-0.2, 0) is 19.1 Å². The number of ether oxygens (including phenoxy) is 2. The Balaban J connectivity index is 1.57. The highest BCUT2D eigenvalue weighted by molar-refractivity contribution is 5.87. The van der Waals surface area contributed by atoms with Gasteiger partial charge in [-0.05, 0) is 58.1 Å². The first-order valence-corrected chi connectivity index (χ1v) is 14.5. The molecule has 10 heteroatoms. The summed E-state index contributed by atoms with van der Waals surface area (Å²) in [5.74, 6) is 1.38. The van der Waals surface area contributed by atoms with Crippen molar-refractivity contribution in [1.82, 2.24) is 19.3 Å². The molecule has 1 aliphatic carbocycles. The van der Waals surface area contributed by atoms with Crippen molar-refractivity contribution >= 4 is 23.2 Å². The van der Waals surface area contributed by atoms with Gasteiger partial charge >= 0.3 is 6.09 Å². The number of rotatable bonds is 11. The maximum atomic E-state index is 12.7. The molecule has 1 saturated carbocycles. The lowest BCUT2D eigenvalue weighted by Gasteiger charge is -2.36. The third-order valence-electron chi connectivity index (χ3n) is 7.93. The number of aryl methyl sites for hydroxylation is 1. The lowest BCUT2D eigenvalue weighted by Crippen LogP contribution is -2.42. The summed E-state index contributed by atoms with van der Waals surface area (Å²) in [5, 5.41) is 1.16. The van der Waals surface area contributed by atoms with Crippen LogP contribution in [0.15, 0.2) is 36.7 Å². The van der Waals surface area contributed by atoms with Gasteiger partial charge in [0.1, 0.15) is 11.9 Å². The van der Waals surface area contributed by atoms with Gasteiger partial charge < -0.3 is 14.4 Å². The van der Waals surface area contributed by atoms with E-state index in [-0.39, 0.29) is 24.0 Å². The number of fused-ring (bicyclic) bond motifs is 1. The smallest absolute Gasteiger partial charge is 0.439 e. The third kappa shape index (κ3) is 6.87. The predicted octanol–water partition coefficient (Wildman–Crippen LogP) is 5.92. The van der Waals surface area contributed by atoms with Crippen molar-refractivity contribution in [3.8, 4) is 11.3 Å². The Hall–Kier alpha value is -3.50. The van der Waals surface area contributed by atoms with E-state index >= 15 is 0 Å². The number of benzene rings is 1. The number of hydroxylamine groups is 1. The molecule has 4 rings (SSSR count). The predicted molar refractivity (Wildman–Crippen MR) is 158 cm³/mol. The van der Waals surface area contributed by atoms with Crippen molar-refractivity contribution in [3.63, 3.8) is 0 Å². The summed E-state index contributed by atoms with van der Waals surface area (Å²) < 4.78 is 12.9. The topological polar surface area (TPSA) is 98.5 Å². The van der Waals surface area contributed by atoms with Crippen molar-refractivity contribution in [2.75, 3.05) is 32.4 Å². The molecule has 1 aliphatic rings. The lowest BCUT2D eigenvalue weighted by atomic mass is 9.84. The lowest BCUT2D eigenvalue weighted by molar-refractivity contribution is -0.132. The normalized spacial score (nSPS) is 17.8. The molecule has 1 aromatic carbocycles. The van der Waals surface area contributed by atoms with Gasteiger partial charge in [-0.25, -0.2) is 9.78 Å². The van der Waals surface area contributed by atoms with Crippen LogP contribution in [0.1, 0.15) is 76.7 Å². The maximum absolute atomic E-state index is 12.7. The van der Waals surface area contributed by atoms with E-state index in [1.165, 1.54) is 7.11 Å². The number of amides is 2. The van der Waals surface area contributed by atoms with Gasteiger partial charge in [0.05, 0.1) is 36.3 Å². The second kappa shape index (κ2) is 13.9. The van der Waals surface area contributed by atoms with E-state index in [0.29, 0.717) is 18.8 Å². The Kier molecular flexibility index (Phi) is 10.3. The molecule has 2 amide bonds. The summed E-state index contributed by atoms with van der Waals surface area (Å²) in [6.07, 6.45) is 8.52. The van der Waals surface area contributed by atoms with Crippen LogP contribution in [0.4, 0.5) is 10.5 Å². The molecular weight excluding hydrogens is 522 g/mol. The molecule has 1 fully saturated rings. The molecule has 0 aliphatic heterocycles. The van der Waals surface area contributed by atoms with Gasteiger partial charge in [0, 0.05) is 50.5 Å². The van der Waals surface area contributed by atoms with Gasteiger partial charge in [0.2, 0.25) is 5.91 Å². The van der Waals surface area contributed by atoms with Gasteiger partial charge in [-0.1, -0.05) is 25.5 Å². The molecule has 2 aromatic heterocycles. The monoisotopic (exact) mass is 565 g/mol. The fraction of sp³-hybridized carbons (Fsp3) is 0.548. The van der Waals surface area contributed by atoms with Crippen molar-refractivity contribution in [2.24, 2.45) is 0 Å². The van der Waals surface area contributed by atoms with E-state index in [2.05, 4.69) is 16.3 Å². The third-order valence-corrected chi connectivity index (χ3v) is 7.93. The van der Waals surface area contributed by atoms with Crippen LogP contribution < -0.4 is 5.06 Å². The molecular formula is C31H43N5O5. The first-order valence-electron chi connectivity index (χ1n) is 14.5. The number of anilines is 1. The Labute approximate surface area is 242 Å². The fourth-order valence-electron chi connectivity index (χ4n) is 5.87. The van der Waals surface area contributed by atoms with Crippen LogP contribution in [-0.4, -0.2) is 70.8 Å². The number of methoxy groups -OCH3 is 1. The summed E-state index contributed by atoms with van der Waals surface area (Å²) in [6, 6.07) is 7.78. The summed E-state index contributed by atoms with van der Waals surface area (Å²) in [7, 11) is 3.11. The highest BCUT2D eigenvalue weighted by atomic mass is 16.7. The number of aromatic nitrogens is 3. The number of carbonyl (C=O) groups excluding carboxylic acids is 2. The van der Waals surface area contributed by atoms with E-state index in [9.17, 15) is 9.59 Å². The van der Waals surface area contributed by atoms with Gasteiger partial charge in [0.25, 0.3) is 0 Å². The SMILES string of the molecule is CCCC(C)OC(=O)N(OC)c1ccc(-c2nc(C3CCC(N(CCOC)C(C)=O)CC3)n3ccnc(C)c23)cc1. The first-order chi connectivity index (χ1) is 19.8. The Morgan fingerprint density at radius 2 is 1.83 bits per heavy atom. The van der Waals surface area contributed by atoms with Crippen LogP contribution in [0.5, 0.6) is 0 Å². The molecule has 0 bridgehead atoms. The van der Waals surface area contributed by atoms with E-state index in [1.807, 2.05) is 55.4 Å². The van der Waals surface area contributed by atoms with E-state index in [1.54, 1.807) is 14.0 Å². The number of hydrogen-bond donors (Lipinski definition) is 0. The fourth-order valence-corrected chi connectivity index (χ4v) is 5.87. The molecule has 41 heavy (non-hydrogen) atoms. The molecule has 0 saturated heterocycles. The Bertz CT molecular complexity index is 1320. The van der Waals surface area contributed by atoms with Crippen LogP contribution >= 0.6 is 0 Å². The van der Waals surface area contributed by atoms with E-state index in [4.69, 9.17) is 19.3 Å². The van der Waals surface area contributed by atoms with Crippen LogP contribution in [0.2, 0.25) is 0 Å². The van der Waals surface area contributed by atoms with Gasteiger partial charge in [-0.15, -0.1) is 0 Å². The van der Waals surface area contributed by atoms with E-state index in [0.717, 1.165) is 71.9 Å². The van der Waals surface area contributed by atoms with Gasteiger partial charge in [0.15, 0.2) is 0 Å². The highest BCUT2D eigenvalue weighted by Crippen LogP contribution is 2.38. The number of imidazole rings is 1. The molecule has 1 unspecified atom stereocenters. The largest absolute Gasteiger partial charge is 0.445 e. The average Bonchev–Trinajstić information content (AvgIpc) is 3.35. The summed E-state index contributed by atoms with van der Waals surface area (Å²) in [4.78, 5) is 42.0. The molecule has 3 aromatic rings. The Morgan fingerprint density at radius 1 is 1.12 bits per heavy atom. The highest BCUT2D eigenvalue weighted by Gasteiger charge is 2.31. The molecule has 1 atom stereocenters. The molecule has 0 N–H and O–H groups in total. The second-order valence-electron chi connectivity index (χ2n) is 10.8. The minimum absolute atomic E-state index is 0.0972. The minimum atomic E-state index is -0.544. The summed E-state index contributed by atoms with van der Waals surface area (Å²) >= 11 is 0. The number of carbonyl (C=O) groups is 2. The van der Waals surface area contributed by atoms with Crippen molar-refractivity contribution in [1.29, 1.82) is 0 Å². The van der Waals surface area contributed by atoms with Gasteiger partial charge in [-0.3, -0.25) is 19.0 Å². The summed E-state index contributed by atoms with van der Waals surface area (Å²) in [6.45, 7) is 8.73. The van der Waals surface area contributed by atoms with Crippen LogP contribution in [0, 0.1) is 6.92 Å². The number of hydrogen-bond acceptors (Lipinski definition) is 7. The Morgan fingerprint density at radius 3 is 2.44 bits per heavy atom. The zero-order valence-electron chi connectivity index (χ0n) is 25.1. The summed E-state index contributed by atoms with van der Waals surface area (Å²) in [5.41, 5.74) is 4.22. The molecule has 0 radical (unpaired) electrons. The quantitative estimate of drug-likeness (QED) is 0.266. The first kappa shape index (κ1) is 30.5. The minimum Gasteiger partial charge on any atom is -0.445 e. The van der Waals surface area contributed by atoms with E-state index < -0.39 is 6.09 Å². The second-order valence-corrected chi connectivity index (χ2v) is 10.8. The molecule has 0 spiro atoms. The molecule has 222 valence electrons. The van der Waals surface area contributed by atoms with Crippen molar-refractivity contribution < 1.29 is 23.9 Å². The standard InChI is InChI=1S/C31H43N5O5/c1-7-8-21(2)41-31(38)36(40-6)27-15-9-24(10-16-27)28-29-22(3)32-17-18-35(29)30(33-28)25-11-13-26(14-12-25)34(23(4)37)19-20-39-5/h9-10,15-18,21,25-26H,7-8,11-14,19-20H2,1-6H3. The maximum Gasteiger partial charge on any atom is 0.439 e. The van der Waals surface area contributed by atoms with Crippen molar-refractivity contribution in [3.05, 3.63) is 48.2 Å². The van der Waals surface area contributed by atoms with Crippen LogP contribution in [0.3, 0.4) is 0 Å². The van der Waals surface area contributed by atoms with Gasteiger partial charge in [-0.2, -0.15) is 5.06 Å². The molecule has 10 nitrogen and oxygen atoms in total. The molecule has 2 heterocycles. The zero-order valence-corrected chi connectivity index (χ0v) is 25.1.